The summed E-state index contributed by atoms with van der Waals surface area (Å²) in [6.07, 6.45) is -3.32. The Balaban J connectivity index is 1.69. The average Bonchev–Trinajstić information content (AvgIpc) is 0.879. The van der Waals surface area contributed by atoms with E-state index < -0.39 is 125 Å². The Morgan fingerprint density at radius 3 is 1.12 bits per heavy atom. The number of ether oxygens (including phenoxy) is 2. The maximum absolute atomic E-state index is 13.6. The molecule has 1 heterocycles. The normalized spacial score (nSPS) is 14.9. The van der Waals surface area contributed by atoms with Crippen molar-refractivity contribution in [3.8, 4) is 0 Å². The number of carbonyl (C=O) groups is 12. The van der Waals surface area contributed by atoms with Gasteiger partial charge in [-0.25, -0.2) is 19.2 Å². The second-order valence-corrected chi connectivity index (χ2v) is 21.3. The molecule has 1 saturated heterocycles. The molecule has 0 radical (unpaired) electrons. The number of nitrogens with zero attached hydrogens (tertiary/aromatic N) is 5. The standard InChI is InChI=1S/C54H82N14O25/c69-31-92-36(62-54(91)63-37(93-32-70)8-10-39(74)75)6-2-4-12-57-44-46(50(85)48(44)83)59-15-18-64(16-13-55-35(71)27-65-19-21-66(28-40(76)77)23-25-68(30-42(80)81)26-24-67(22-20-65)29-41(78)79)17-14-58-45-43(47(82)49(45)84)56-11-3-1-5-33(51(86)87)60-53(90)61-34(52(88)89)7-9-38(72)73/h31-34,36-37,56-59H,1-30H2,(H,55,71)(H,72,73)(H,74,75)(H,76,77)(H,78,79)(H,80,81)(H,86,87)(H,88,89)(H2,60,61,90)(H2,62,63,91). The number of amides is 5. The molecule has 39 nitrogen and oxygen atoms in total. The molecule has 1 fully saturated rings. The third-order valence-electron chi connectivity index (χ3n) is 14.3. The lowest BCUT2D eigenvalue weighted by Gasteiger charge is -2.32. The van der Waals surface area contributed by atoms with Crippen LogP contribution < -0.4 is 69.6 Å². The molecule has 518 valence electrons. The van der Waals surface area contributed by atoms with Crippen LogP contribution in [0.2, 0.25) is 0 Å². The molecule has 4 unspecified atom stereocenters. The lowest BCUT2D eigenvalue weighted by molar-refractivity contribution is -0.141. The van der Waals surface area contributed by atoms with Crippen LogP contribution in [-0.4, -0.2) is 288 Å². The van der Waals surface area contributed by atoms with E-state index >= 15 is 0 Å². The first-order chi connectivity index (χ1) is 44.2. The van der Waals surface area contributed by atoms with E-state index in [0.717, 1.165) is 0 Å². The molecule has 1 aliphatic rings. The van der Waals surface area contributed by atoms with E-state index in [4.69, 9.17) is 14.9 Å². The summed E-state index contributed by atoms with van der Waals surface area (Å²) in [4.78, 5) is 200. The highest BCUT2D eigenvalue weighted by molar-refractivity contribution is 5.86. The van der Waals surface area contributed by atoms with Gasteiger partial charge in [0.1, 0.15) is 34.8 Å². The number of carbonyl (C=O) groups excluding carboxylic acids is 5. The van der Waals surface area contributed by atoms with Gasteiger partial charge in [-0.15, -0.1) is 0 Å². The van der Waals surface area contributed by atoms with Gasteiger partial charge >= 0.3 is 53.8 Å². The molecule has 5 amide bonds. The molecule has 2 aromatic rings. The Hall–Kier alpha value is -9.60. The SMILES string of the molecule is O=COC(CCCCNc1c(NCCN(CCNC(=O)CN2CCN(CC(=O)O)CCN(CC(=O)O)CCN(CC(=O)O)CC2)CCNc2c(NCCCCC(NC(=O)NC(CCC(=O)O)C(=O)O)C(=O)O)c(=O)c2=O)c(=O)c1=O)NC(=O)NC(CCC(=O)O)OC=O. The second-order valence-electron chi connectivity index (χ2n) is 21.3. The van der Waals surface area contributed by atoms with Crippen LogP contribution in [0.4, 0.5) is 32.3 Å². The zero-order valence-corrected chi connectivity index (χ0v) is 50.9. The largest absolute Gasteiger partial charge is 0.481 e. The van der Waals surface area contributed by atoms with Gasteiger partial charge in [0, 0.05) is 124 Å². The molecule has 93 heavy (non-hydrogen) atoms. The average molecular weight is 1330 g/mol. The van der Waals surface area contributed by atoms with E-state index in [0.29, 0.717) is 6.42 Å². The summed E-state index contributed by atoms with van der Waals surface area (Å²) in [5.41, 5.74) is -3.51. The number of rotatable bonds is 47. The van der Waals surface area contributed by atoms with Crippen molar-refractivity contribution in [3.63, 3.8) is 0 Å². The number of anilines is 4. The number of hydrogen-bond acceptors (Lipinski definition) is 27. The van der Waals surface area contributed by atoms with Crippen LogP contribution in [0, 0.1) is 0 Å². The van der Waals surface area contributed by atoms with Crippen LogP contribution in [0.1, 0.15) is 64.2 Å². The van der Waals surface area contributed by atoms with Gasteiger partial charge in [0.15, 0.2) is 12.5 Å². The molecule has 0 saturated carbocycles. The van der Waals surface area contributed by atoms with Gasteiger partial charge in [-0.3, -0.25) is 82.0 Å². The Morgan fingerprint density at radius 1 is 0.409 bits per heavy atom. The number of nitrogens with one attached hydrogen (secondary N) is 9. The molecule has 0 aliphatic carbocycles. The highest BCUT2D eigenvalue weighted by Gasteiger charge is 2.28. The number of carboxylic acid groups (broad SMARTS) is 7. The lowest BCUT2D eigenvalue weighted by atomic mass is 10.1. The number of aliphatic carboxylic acids is 7. The Labute approximate surface area is 529 Å². The Kier molecular flexibility index (Phi) is 34.8. The third kappa shape index (κ3) is 30.4. The maximum atomic E-state index is 13.6. The maximum Gasteiger partial charge on any atom is 0.326 e. The summed E-state index contributed by atoms with van der Waals surface area (Å²) < 4.78 is 9.60. The number of urea groups is 2. The molecular weight excluding hydrogens is 1240 g/mol. The monoisotopic (exact) mass is 1330 g/mol. The van der Waals surface area contributed by atoms with E-state index in [1.165, 1.54) is 0 Å². The number of carboxylic acids is 7. The lowest BCUT2D eigenvalue weighted by Crippen LogP contribution is -2.51. The highest BCUT2D eigenvalue weighted by atomic mass is 16.5. The molecule has 3 rings (SSSR count). The fourth-order valence-corrected chi connectivity index (χ4v) is 9.44. The molecule has 0 bridgehead atoms. The van der Waals surface area contributed by atoms with E-state index in [2.05, 4.69) is 47.3 Å². The van der Waals surface area contributed by atoms with E-state index in [1.807, 2.05) is 5.32 Å². The zero-order chi connectivity index (χ0) is 69.0. The van der Waals surface area contributed by atoms with Crippen LogP contribution in [0.15, 0.2) is 19.2 Å². The van der Waals surface area contributed by atoms with Crippen LogP contribution in [0.3, 0.4) is 0 Å². The predicted molar refractivity (Wildman–Crippen MR) is 324 cm³/mol. The summed E-state index contributed by atoms with van der Waals surface area (Å²) >= 11 is 0. The first kappa shape index (κ1) is 77.6. The highest BCUT2D eigenvalue weighted by Crippen LogP contribution is 2.17. The number of hydrogen-bond donors (Lipinski definition) is 16. The smallest absolute Gasteiger partial charge is 0.326 e. The summed E-state index contributed by atoms with van der Waals surface area (Å²) in [7, 11) is 0. The second kappa shape index (κ2) is 41.7. The molecule has 0 aromatic heterocycles. The summed E-state index contributed by atoms with van der Waals surface area (Å²) in [6.45, 7) is 0.782. The Bertz CT molecular complexity index is 2960. The number of unbranched alkanes of at least 4 members (excludes halogenated alkanes) is 2. The van der Waals surface area contributed by atoms with Crippen molar-refractivity contribution in [1.29, 1.82) is 0 Å². The van der Waals surface area contributed by atoms with Crippen LogP contribution in [0.5, 0.6) is 0 Å². The van der Waals surface area contributed by atoms with E-state index in [1.54, 1.807) is 24.5 Å². The summed E-state index contributed by atoms with van der Waals surface area (Å²) in [5.74, 6) is -9.33. The molecule has 0 spiro atoms. The summed E-state index contributed by atoms with van der Waals surface area (Å²) in [6, 6.07) is -5.19. The van der Waals surface area contributed by atoms with Crippen molar-refractivity contribution in [2.24, 2.45) is 0 Å². The fraction of sp³-hybridized carbons (Fsp3) is 0.630. The fourth-order valence-electron chi connectivity index (χ4n) is 9.44. The molecule has 2 aromatic carbocycles. The van der Waals surface area contributed by atoms with Crippen LogP contribution in [0.25, 0.3) is 0 Å². The van der Waals surface area contributed by atoms with Crippen LogP contribution >= 0.6 is 0 Å². The van der Waals surface area contributed by atoms with Crippen LogP contribution in [-0.2, 0) is 57.4 Å². The van der Waals surface area contributed by atoms with Crippen molar-refractivity contribution < 1.29 is 103 Å². The summed E-state index contributed by atoms with van der Waals surface area (Å²) in [5, 5.41) is 88.7. The van der Waals surface area contributed by atoms with Gasteiger partial charge in [-0.1, -0.05) is 0 Å². The molecule has 16 N–H and O–H groups in total. The van der Waals surface area contributed by atoms with Crippen molar-refractivity contribution in [2.75, 3.05) is 152 Å². The van der Waals surface area contributed by atoms with Crippen molar-refractivity contribution in [1.82, 2.24) is 51.1 Å². The molecule has 39 heteroatoms. The van der Waals surface area contributed by atoms with E-state index in [-0.39, 0.29) is 205 Å². The van der Waals surface area contributed by atoms with Crippen molar-refractivity contribution in [2.45, 2.75) is 88.7 Å². The van der Waals surface area contributed by atoms with Gasteiger partial charge in [-0.05, 0) is 38.5 Å². The quantitative estimate of drug-likeness (QED) is 0.0127. The zero-order valence-electron chi connectivity index (χ0n) is 50.9. The minimum atomic E-state index is -1.61. The predicted octanol–water partition coefficient (Wildman–Crippen LogP) is -5.31. The third-order valence-corrected chi connectivity index (χ3v) is 14.3. The van der Waals surface area contributed by atoms with Gasteiger partial charge in [0.2, 0.25) is 5.91 Å². The van der Waals surface area contributed by atoms with Crippen molar-refractivity contribution in [3.05, 3.63) is 40.9 Å². The first-order valence-corrected chi connectivity index (χ1v) is 29.6. The van der Waals surface area contributed by atoms with Gasteiger partial charge in [-0.2, -0.15) is 0 Å². The topological polar surface area (TPSA) is 558 Å². The molecular formula is C54H82N14O25. The van der Waals surface area contributed by atoms with Gasteiger partial charge < -0.3 is 93.1 Å². The Morgan fingerprint density at radius 2 is 0.742 bits per heavy atom. The molecule has 4 atom stereocenters. The van der Waals surface area contributed by atoms with Gasteiger partial charge in [0.05, 0.1) is 32.6 Å². The van der Waals surface area contributed by atoms with Crippen molar-refractivity contribution >= 4 is 95.4 Å². The first-order valence-electron chi connectivity index (χ1n) is 29.6. The minimum Gasteiger partial charge on any atom is -0.481 e. The van der Waals surface area contributed by atoms with Gasteiger partial charge in [0.25, 0.3) is 34.7 Å². The minimum absolute atomic E-state index is 0.0155. The van der Waals surface area contributed by atoms with E-state index in [9.17, 15) is 102 Å². The molecule has 1 aliphatic heterocycles.